The molecule has 0 aliphatic carbocycles. The van der Waals surface area contributed by atoms with Crippen LogP contribution in [0.3, 0.4) is 0 Å². The van der Waals surface area contributed by atoms with E-state index in [9.17, 15) is 8.42 Å². The first-order valence-electron chi connectivity index (χ1n) is 6.19. The van der Waals surface area contributed by atoms with Crippen LogP contribution in [0.4, 0.5) is 0 Å². The first kappa shape index (κ1) is 13.1. The van der Waals surface area contributed by atoms with Crippen molar-refractivity contribution in [2.24, 2.45) is 4.40 Å². The van der Waals surface area contributed by atoms with Gasteiger partial charge in [-0.25, -0.2) is 0 Å². The summed E-state index contributed by atoms with van der Waals surface area (Å²) in [5, 5.41) is 0. The Balaban J connectivity index is 2.11. The molecule has 0 unspecified atom stereocenters. The van der Waals surface area contributed by atoms with Gasteiger partial charge >= 0.3 is 0 Å². The highest BCUT2D eigenvalue weighted by Crippen LogP contribution is 2.13. The van der Waals surface area contributed by atoms with Gasteiger partial charge in [0, 0.05) is 13.1 Å². The minimum Gasteiger partial charge on any atom is -0.362 e. The van der Waals surface area contributed by atoms with Crippen molar-refractivity contribution in [3.05, 3.63) is 29.8 Å². The van der Waals surface area contributed by atoms with Crippen molar-refractivity contribution in [1.29, 1.82) is 0 Å². The average molecular weight is 266 g/mol. The summed E-state index contributed by atoms with van der Waals surface area (Å²) in [4.78, 5) is 2.22. The Morgan fingerprint density at radius 3 is 2.33 bits per heavy atom. The topological polar surface area (TPSA) is 49.7 Å². The molecule has 0 bridgehead atoms. The van der Waals surface area contributed by atoms with Crippen LogP contribution in [0.2, 0.25) is 0 Å². The minimum atomic E-state index is -3.55. The highest BCUT2D eigenvalue weighted by atomic mass is 32.2. The number of nitrogens with zero attached hydrogens (tertiary/aromatic N) is 2. The third kappa shape index (κ3) is 3.32. The van der Waals surface area contributed by atoms with Crippen molar-refractivity contribution in [1.82, 2.24) is 4.90 Å². The van der Waals surface area contributed by atoms with Crippen molar-refractivity contribution in [3.63, 3.8) is 0 Å². The van der Waals surface area contributed by atoms with E-state index in [2.05, 4.69) is 4.40 Å². The molecule has 1 saturated heterocycles. The normalized spacial score (nSPS) is 17.3. The largest absolute Gasteiger partial charge is 0.362 e. The standard InChI is InChI=1S/C13H18N2O2S/c1-12-5-7-13(8-6-12)18(16,17)14-11-15-9-3-2-4-10-15/h5-8,11H,2-4,9-10H2,1H3/b14-11+. The summed E-state index contributed by atoms with van der Waals surface area (Å²) < 4.78 is 27.7. The lowest BCUT2D eigenvalue weighted by Crippen LogP contribution is -2.28. The number of likely N-dealkylation sites (tertiary alicyclic amines) is 1. The summed E-state index contributed by atoms with van der Waals surface area (Å²) in [6.07, 6.45) is 4.90. The Labute approximate surface area is 108 Å². The molecule has 0 atom stereocenters. The van der Waals surface area contributed by atoms with Crippen LogP contribution in [0, 0.1) is 6.92 Å². The molecule has 1 fully saturated rings. The fraction of sp³-hybridized carbons (Fsp3) is 0.462. The van der Waals surface area contributed by atoms with Crippen LogP contribution in [0.15, 0.2) is 33.6 Å². The molecular formula is C13H18N2O2S. The van der Waals surface area contributed by atoms with Gasteiger partial charge < -0.3 is 4.90 Å². The van der Waals surface area contributed by atoms with E-state index in [0.717, 1.165) is 31.5 Å². The number of hydrogen-bond acceptors (Lipinski definition) is 2. The summed E-state index contributed by atoms with van der Waals surface area (Å²) in [5.74, 6) is 0. The molecule has 0 radical (unpaired) electrons. The number of hydrogen-bond donors (Lipinski definition) is 0. The van der Waals surface area contributed by atoms with Crippen molar-refractivity contribution in [2.75, 3.05) is 13.1 Å². The van der Waals surface area contributed by atoms with Gasteiger partial charge in [0.1, 0.15) is 6.34 Å². The van der Waals surface area contributed by atoms with Crippen LogP contribution in [-0.4, -0.2) is 32.7 Å². The van der Waals surface area contributed by atoms with Crippen LogP contribution in [0.1, 0.15) is 24.8 Å². The Bertz CT molecular complexity index is 514. The molecule has 4 nitrogen and oxygen atoms in total. The molecule has 18 heavy (non-hydrogen) atoms. The van der Waals surface area contributed by atoms with Crippen molar-refractivity contribution >= 4 is 16.4 Å². The quantitative estimate of drug-likeness (QED) is 0.622. The monoisotopic (exact) mass is 266 g/mol. The van der Waals surface area contributed by atoms with E-state index >= 15 is 0 Å². The molecule has 5 heteroatoms. The maximum atomic E-state index is 12.0. The first-order chi connectivity index (χ1) is 8.58. The molecule has 0 amide bonds. The number of piperidine rings is 1. The highest BCUT2D eigenvalue weighted by Gasteiger charge is 2.12. The number of rotatable bonds is 3. The summed E-state index contributed by atoms with van der Waals surface area (Å²) in [5.41, 5.74) is 1.04. The summed E-state index contributed by atoms with van der Waals surface area (Å²) >= 11 is 0. The Hall–Kier alpha value is -1.36. The lowest BCUT2D eigenvalue weighted by molar-refractivity contribution is 0.351. The number of benzene rings is 1. The van der Waals surface area contributed by atoms with Gasteiger partial charge in [-0.15, -0.1) is 4.40 Å². The molecule has 98 valence electrons. The first-order valence-corrected chi connectivity index (χ1v) is 7.63. The van der Waals surface area contributed by atoms with Crippen molar-refractivity contribution in [3.8, 4) is 0 Å². The van der Waals surface area contributed by atoms with E-state index in [1.165, 1.54) is 12.8 Å². The molecule has 0 saturated carbocycles. The predicted molar refractivity (Wildman–Crippen MR) is 72.3 cm³/mol. The van der Waals surface area contributed by atoms with Crippen LogP contribution >= 0.6 is 0 Å². The maximum absolute atomic E-state index is 12.0. The van der Waals surface area contributed by atoms with E-state index in [-0.39, 0.29) is 4.90 Å². The zero-order valence-electron chi connectivity index (χ0n) is 10.5. The fourth-order valence-corrected chi connectivity index (χ4v) is 2.79. The van der Waals surface area contributed by atoms with Crippen molar-refractivity contribution in [2.45, 2.75) is 31.1 Å². The van der Waals surface area contributed by atoms with Crippen LogP contribution in [0.5, 0.6) is 0 Å². The van der Waals surface area contributed by atoms with E-state index < -0.39 is 10.0 Å². The molecule has 1 heterocycles. The molecule has 0 N–H and O–H groups in total. The van der Waals surface area contributed by atoms with Gasteiger partial charge in [0.2, 0.25) is 0 Å². The van der Waals surface area contributed by atoms with Crippen molar-refractivity contribution < 1.29 is 8.42 Å². The third-order valence-electron chi connectivity index (χ3n) is 3.06. The van der Waals surface area contributed by atoms with Gasteiger partial charge in [0.05, 0.1) is 4.90 Å². The smallest absolute Gasteiger partial charge is 0.283 e. The number of aryl methyl sites for hydroxylation is 1. The highest BCUT2D eigenvalue weighted by molar-refractivity contribution is 7.90. The lowest BCUT2D eigenvalue weighted by atomic mass is 10.1. The molecule has 0 spiro atoms. The molecular weight excluding hydrogens is 248 g/mol. The van der Waals surface area contributed by atoms with Crippen LogP contribution in [0.25, 0.3) is 0 Å². The SMILES string of the molecule is Cc1ccc(S(=O)(=O)/N=C/N2CCCCC2)cc1. The molecule has 1 aromatic carbocycles. The minimum absolute atomic E-state index is 0.251. The summed E-state index contributed by atoms with van der Waals surface area (Å²) in [7, 11) is -3.55. The van der Waals surface area contributed by atoms with E-state index in [1.807, 2.05) is 11.8 Å². The van der Waals surface area contributed by atoms with Gasteiger partial charge in [-0.3, -0.25) is 0 Å². The molecule has 1 aliphatic rings. The van der Waals surface area contributed by atoms with E-state index in [1.54, 1.807) is 24.3 Å². The van der Waals surface area contributed by atoms with Gasteiger partial charge in [0.25, 0.3) is 10.0 Å². The molecule has 1 aliphatic heterocycles. The Kier molecular flexibility index (Phi) is 4.01. The zero-order valence-corrected chi connectivity index (χ0v) is 11.4. The van der Waals surface area contributed by atoms with Gasteiger partial charge in [-0.05, 0) is 38.3 Å². The fourth-order valence-electron chi connectivity index (χ4n) is 1.93. The molecule has 1 aromatic rings. The second kappa shape index (κ2) is 5.52. The molecule has 2 rings (SSSR count). The maximum Gasteiger partial charge on any atom is 0.283 e. The second-order valence-corrected chi connectivity index (χ2v) is 6.24. The third-order valence-corrected chi connectivity index (χ3v) is 4.30. The zero-order chi connectivity index (χ0) is 13.0. The van der Waals surface area contributed by atoms with Gasteiger partial charge in [-0.2, -0.15) is 8.42 Å². The average Bonchev–Trinajstić information content (AvgIpc) is 2.38. The lowest BCUT2D eigenvalue weighted by Gasteiger charge is -2.23. The molecule has 0 aromatic heterocycles. The van der Waals surface area contributed by atoms with Gasteiger partial charge in [0.15, 0.2) is 0 Å². The Morgan fingerprint density at radius 1 is 1.11 bits per heavy atom. The summed E-state index contributed by atoms with van der Waals surface area (Å²) in [6, 6.07) is 6.75. The van der Waals surface area contributed by atoms with E-state index in [0.29, 0.717) is 0 Å². The van der Waals surface area contributed by atoms with Gasteiger partial charge in [-0.1, -0.05) is 17.7 Å². The predicted octanol–water partition coefficient (Wildman–Crippen LogP) is 2.20. The van der Waals surface area contributed by atoms with E-state index in [4.69, 9.17) is 0 Å². The summed E-state index contributed by atoms with van der Waals surface area (Å²) in [6.45, 7) is 3.72. The Morgan fingerprint density at radius 2 is 1.72 bits per heavy atom. The second-order valence-electron chi connectivity index (χ2n) is 4.61. The number of sulfonamides is 1. The van der Waals surface area contributed by atoms with Crippen LogP contribution < -0.4 is 0 Å². The van der Waals surface area contributed by atoms with Crippen LogP contribution in [-0.2, 0) is 10.0 Å².